The van der Waals surface area contributed by atoms with Gasteiger partial charge in [-0.05, 0) is 39.0 Å². The van der Waals surface area contributed by atoms with Crippen LogP contribution in [0.25, 0.3) is 0 Å². The van der Waals surface area contributed by atoms with Crippen molar-refractivity contribution in [2.45, 2.75) is 44.8 Å². The average molecular weight is 314 g/mol. The van der Waals surface area contributed by atoms with E-state index < -0.39 is 0 Å². The summed E-state index contributed by atoms with van der Waals surface area (Å²) < 4.78 is 5.94. The maximum atomic E-state index is 5.94. The average Bonchev–Trinajstić information content (AvgIpc) is 2.41. The van der Waals surface area contributed by atoms with Crippen molar-refractivity contribution in [3.8, 4) is 0 Å². The Morgan fingerprint density at radius 2 is 2.00 bits per heavy atom. The Kier molecular flexibility index (Phi) is 4.73. The number of hydrogen-bond acceptors (Lipinski definition) is 1. The highest BCUT2D eigenvalue weighted by Crippen LogP contribution is 2.33. The van der Waals surface area contributed by atoms with Crippen molar-refractivity contribution in [3.05, 3.63) is 0 Å². The Hall–Kier alpha value is 0.920. The van der Waals surface area contributed by atoms with Crippen LogP contribution in [0.5, 0.6) is 0 Å². The molecule has 0 bridgehead atoms. The van der Waals surface area contributed by atoms with E-state index in [1.165, 1.54) is 19.3 Å². The molecule has 0 aromatic rings. The highest BCUT2D eigenvalue weighted by molar-refractivity contribution is 9.09. The molecule has 0 N–H and O–H groups in total. The number of halogens is 2. The Bertz CT molecular complexity index is 155. The van der Waals surface area contributed by atoms with Gasteiger partial charge in [0.25, 0.3) is 0 Å². The van der Waals surface area contributed by atoms with Crippen LogP contribution >= 0.6 is 31.9 Å². The van der Waals surface area contributed by atoms with E-state index in [-0.39, 0.29) is 5.60 Å². The third-order valence-corrected chi connectivity index (χ3v) is 4.42. The number of ether oxygens (including phenoxy) is 1. The van der Waals surface area contributed by atoms with Crippen LogP contribution in [0.15, 0.2) is 0 Å². The van der Waals surface area contributed by atoms with E-state index >= 15 is 0 Å². The van der Waals surface area contributed by atoms with Gasteiger partial charge in [0.15, 0.2) is 0 Å². The van der Waals surface area contributed by atoms with Crippen LogP contribution in [0.2, 0.25) is 0 Å². The summed E-state index contributed by atoms with van der Waals surface area (Å²) >= 11 is 7.05. The SMILES string of the molecule is CC1(C)CCC(CC(CBr)CBr)O1. The first-order valence-corrected chi connectivity index (χ1v) is 7.11. The Balaban J connectivity index is 2.31. The molecule has 78 valence electrons. The van der Waals surface area contributed by atoms with Crippen molar-refractivity contribution in [3.63, 3.8) is 0 Å². The summed E-state index contributed by atoms with van der Waals surface area (Å²) in [5, 5.41) is 2.14. The second kappa shape index (κ2) is 5.13. The van der Waals surface area contributed by atoms with Crippen LogP contribution in [0.4, 0.5) is 0 Å². The second-order valence-corrected chi connectivity index (χ2v) is 5.74. The van der Waals surface area contributed by atoms with Gasteiger partial charge in [-0.25, -0.2) is 0 Å². The molecule has 0 radical (unpaired) electrons. The third kappa shape index (κ3) is 3.88. The van der Waals surface area contributed by atoms with E-state index in [1.807, 2.05) is 0 Å². The van der Waals surface area contributed by atoms with Gasteiger partial charge in [-0.3, -0.25) is 0 Å². The van der Waals surface area contributed by atoms with Gasteiger partial charge in [0.05, 0.1) is 11.7 Å². The minimum atomic E-state index is 0.119. The smallest absolute Gasteiger partial charge is 0.0631 e. The van der Waals surface area contributed by atoms with E-state index in [9.17, 15) is 0 Å². The lowest BCUT2D eigenvalue weighted by Gasteiger charge is -2.21. The first kappa shape index (κ1) is 12.0. The fourth-order valence-electron chi connectivity index (χ4n) is 1.78. The molecule has 1 aliphatic rings. The predicted molar refractivity (Wildman–Crippen MR) is 63.9 cm³/mol. The minimum Gasteiger partial charge on any atom is -0.372 e. The minimum absolute atomic E-state index is 0.119. The monoisotopic (exact) mass is 312 g/mol. The zero-order chi connectivity index (χ0) is 9.90. The van der Waals surface area contributed by atoms with Gasteiger partial charge in [-0.1, -0.05) is 31.9 Å². The molecule has 1 nitrogen and oxygen atoms in total. The van der Waals surface area contributed by atoms with Crippen molar-refractivity contribution < 1.29 is 4.74 Å². The molecular weight excluding hydrogens is 296 g/mol. The molecule has 0 saturated carbocycles. The fraction of sp³-hybridized carbons (Fsp3) is 1.00. The van der Waals surface area contributed by atoms with Gasteiger partial charge in [-0.2, -0.15) is 0 Å². The molecule has 0 aromatic carbocycles. The lowest BCUT2D eigenvalue weighted by atomic mass is 10.0. The molecule has 1 fully saturated rings. The molecule has 3 heteroatoms. The lowest BCUT2D eigenvalue weighted by Crippen LogP contribution is -2.22. The molecule has 0 aliphatic carbocycles. The summed E-state index contributed by atoms with van der Waals surface area (Å²) in [4.78, 5) is 0. The molecule has 0 amide bonds. The Labute approximate surface area is 97.9 Å². The Morgan fingerprint density at radius 3 is 2.38 bits per heavy atom. The Morgan fingerprint density at radius 1 is 1.38 bits per heavy atom. The van der Waals surface area contributed by atoms with Gasteiger partial charge < -0.3 is 4.74 Å². The van der Waals surface area contributed by atoms with Crippen molar-refractivity contribution in [1.82, 2.24) is 0 Å². The van der Waals surface area contributed by atoms with Crippen molar-refractivity contribution in [2.75, 3.05) is 10.7 Å². The van der Waals surface area contributed by atoms with E-state index in [4.69, 9.17) is 4.74 Å². The van der Waals surface area contributed by atoms with Gasteiger partial charge >= 0.3 is 0 Å². The highest BCUT2D eigenvalue weighted by atomic mass is 79.9. The summed E-state index contributed by atoms with van der Waals surface area (Å²) in [7, 11) is 0. The fourth-order valence-corrected chi connectivity index (χ4v) is 3.38. The molecular formula is C10H18Br2O. The summed E-state index contributed by atoms with van der Waals surface area (Å²) in [6.07, 6.45) is 4.09. The summed E-state index contributed by atoms with van der Waals surface area (Å²) in [6, 6.07) is 0. The summed E-state index contributed by atoms with van der Waals surface area (Å²) in [5.41, 5.74) is 0.119. The standard InChI is InChI=1S/C10H18Br2O/c1-10(2)4-3-9(13-10)5-8(6-11)7-12/h8-9H,3-7H2,1-2H3. The molecule has 13 heavy (non-hydrogen) atoms. The van der Waals surface area contributed by atoms with Crippen LogP contribution in [-0.4, -0.2) is 22.4 Å². The quantitative estimate of drug-likeness (QED) is 0.718. The van der Waals surface area contributed by atoms with Crippen LogP contribution in [-0.2, 0) is 4.74 Å². The number of rotatable bonds is 4. The molecule has 1 rings (SSSR count). The van der Waals surface area contributed by atoms with E-state index in [2.05, 4.69) is 45.7 Å². The van der Waals surface area contributed by atoms with Crippen LogP contribution in [0.1, 0.15) is 33.1 Å². The molecule has 1 atom stereocenters. The van der Waals surface area contributed by atoms with Gasteiger partial charge in [0.1, 0.15) is 0 Å². The van der Waals surface area contributed by atoms with Gasteiger partial charge in [0, 0.05) is 10.7 Å². The summed E-state index contributed by atoms with van der Waals surface area (Å²) in [6.45, 7) is 4.37. The normalized spacial score (nSPS) is 27.0. The number of hydrogen-bond donors (Lipinski definition) is 0. The molecule has 0 aromatic heterocycles. The van der Waals surface area contributed by atoms with Gasteiger partial charge in [0.2, 0.25) is 0 Å². The number of alkyl halides is 2. The van der Waals surface area contributed by atoms with Crippen molar-refractivity contribution in [1.29, 1.82) is 0 Å². The van der Waals surface area contributed by atoms with Crippen LogP contribution in [0.3, 0.4) is 0 Å². The zero-order valence-electron chi connectivity index (χ0n) is 8.35. The van der Waals surface area contributed by atoms with E-state index in [0.29, 0.717) is 12.0 Å². The third-order valence-electron chi connectivity index (χ3n) is 2.59. The van der Waals surface area contributed by atoms with Crippen LogP contribution in [0, 0.1) is 5.92 Å². The largest absolute Gasteiger partial charge is 0.372 e. The molecule has 1 saturated heterocycles. The maximum absolute atomic E-state index is 5.94. The van der Waals surface area contributed by atoms with Crippen molar-refractivity contribution in [2.24, 2.45) is 5.92 Å². The van der Waals surface area contributed by atoms with E-state index in [0.717, 1.165) is 10.7 Å². The highest BCUT2D eigenvalue weighted by Gasteiger charge is 2.32. The molecule has 1 aliphatic heterocycles. The van der Waals surface area contributed by atoms with Crippen molar-refractivity contribution >= 4 is 31.9 Å². The lowest BCUT2D eigenvalue weighted by molar-refractivity contribution is -0.0222. The first-order valence-electron chi connectivity index (χ1n) is 4.87. The maximum Gasteiger partial charge on any atom is 0.0631 e. The van der Waals surface area contributed by atoms with Gasteiger partial charge in [-0.15, -0.1) is 0 Å². The summed E-state index contributed by atoms with van der Waals surface area (Å²) in [5.74, 6) is 0.707. The topological polar surface area (TPSA) is 9.23 Å². The molecule has 0 spiro atoms. The molecule has 1 unspecified atom stereocenters. The predicted octanol–water partition coefficient (Wildman–Crippen LogP) is 3.74. The zero-order valence-corrected chi connectivity index (χ0v) is 11.5. The second-order valence-electron chi connectivity index (χ2n) is 4.45. The molecule has 1 heterocycles. The van der Waals surface area contributed by atoms with E-state index in [1.54, 1.807) is 0 Å². The van der Waals surface area contributed by atoms with Crippen LogP contribution < -0.4 is 0 Å². The first-order chi connectivity index (χ1) is 6.07.